The number of rotatable bonds is 3. The molecule has 1 unspecified atom stereocenters. The van der Waals surface area contributed by atoms with Gasteiger partial charge >= 0.3 is 0 Å². The molecule has 2 aromatic rings. The van der Waals surface area contributed by atoms with E-state index in [0.717, 1.165) is 49.4 Å². The van der Waals surface area contributed by atoms with Gasteiger partial charge in [0.2, 0.25) is 0 Å². The van der Waals surface area contributed by atoms with Crippen molar-refractivity contribution in [3.8, 4) is 0 Å². The molecule has 0 radical (unpaired) electrons. The zero-order valence-electron chi connectivity index (χ0n) is 13.9. The van der Waals surface area contributed by atoms with Gasteiger partial charge in [0.25, 0.3) is 5.91 Å². The summed E-state index contributed by atoms with van der Waals surface area (Å²) in [5, 5.41) is 0. The third-order valence-corrected chi connectivity index (χ3v) is 5.12. The fourth-order valence-electron chi connectivity index (χ4n) is 3.83. The van der Waals surface area contributed by atoms with E-state index in [0.29, 0.717) is 0 Å². The first kappa shape index (κ1) is 15.2. The van der Waals surface area contributed by atoms with Crippen LogP contribution in [0.4, 0.5) is 5.82 Å². The molecule has 1 atom stereocenters. The SMILES string of the molecule is O=C(c1ccccc1)N1CCCC1c1ccc(N2CCCC2)nc1. The molecule has 2 aliphatic rings. The van der Waals surface area contributed by atoms with Gasteiger partial charge in [-0.1, -0.05) is 24.3 Å². The molecule has 124 valence electrons. The van der Waals surface area contributed by atoms with Crippen molar-refractivity contribution in [2.75, 3.05) is 24.5 Å². The van der Waals surface area contributed by atoms with Crippen molar-refractivity contribution in [2.45, 2.75) is 31.7 Å². The molecule has 1 aromatic heterocycles. The number of amides is 1. The Morgan fingerprint density at radius 2 is 1.75 bits per heavy atom. The van der Waals surface area contributed by atoms with Crippen molar-refractivity contribution in [3.63, 3.8) is 0 Å². The lowest BCUT2D eigenvalue weighted by atomic mass is 10.1. The number of carbonyl (C=O) groups excluding carboxylic acids is 1. The summed E-state index contributed by atoms with van der Waals surface area (Å²) < 4.78 is 0. The van der Waals surface area contributed by atoms with Gasteiger partial charge in [-0.3, -0.25) is 4.79 Å². The molecule has 2 fully saturated rings. The highest BCUT2D eigenvalue weighted by atomic mass is 16.2. The first-order valence-corrected chi connectivity index (χ1v) is 8.90. The van der Waals surface area contributed by atoms with Crippen LogP contribution in [0.2, 0.25) is 0 Å². The predicted octanol–water partition coefficient (Wildman–Crippen LogP) is 3.66. The van der Waals surface area contributed by atoms with E-state index in [2.05, 4.69) is 22.0 Å². The molecule has 24 heavy (non-hydrogen) atoms. The molecule has 4 rings (SSSR count). The summed E-state index contributed by atoms with van der Waals surface area (Å²) in [6.45, 7) is 3.04. The number of anilines is 1. The highest BCUT2D eigenvalue weighted by Gasteiger charge is 2.30. The van der Waals surface area contributed by atoms with Crippen LogP contribution in [0, 0.1) is 0 Å². The van der Waals surface area contributed by atoms with E-state index in [1.54, 1.807) is 0 Å². The van der Waals surface area contributed by atoms with E-state index in [9.17, 15) is 4.79 Å². The Labute approximate surface area is 143 Å². The number of carbonyl (C=O) groups is 1. The first-order valence-electron chi connectivity index (χ1n) is 8.90. The number of hydrogen-bond donors (Lipinski definition) is 0. The van der Waals surface area contributed by atoms with Gasteiger partial charge in [0.15, 0.2) is 0 Å². The zero-order valence-corrected chi connectivity index (χ0v) is 13.9. The molecule has 2 aliphatic heterocycles. The fourth-order valence-corrected chi connectivity index (χ4v) is 3.83. The molecule has 3 heterocycles. The van der Waals surface area contributed by atoms with Crippen molar-refractivity contribution in [1.82, 2.24) is 9.88 Å². The molecular formula is C20H23N3O. The summed E-state index contributed by atoms with van der Waals surface area (Å²) in [4.78, 5) is 21.8. The van der Waals surface area contributed by atoms with Crippen molar-refractivity contribution >= 4 is 11.7 Å². The summed E-state index contributed by atoms with van der Waals surface area (Å²) >= 11 is 0. The van der Waals surface area contributed by atoms with Crippen LogP contribution in [-0.2, 0) is 0 Å². The third-order valence-electron chi connectivity index (χ3n) is 5.12. The van der Waals surface area contributed by atoms with Crippen LogP contribution in [0.3, 0.4) is 0 Å². The molecule has 0 bridgehead atoms. The lowest BCUT2D eigenvalue weighted by molar-refractivity contribution is 0.0735. The highest BCUT2D eigenvalue weighted by molar-refractivity contribution is 5.94. The maximum Gasteiger partial charge on any atom is 0.254 e. The number of hydrogen-bond acceptors (Lipinski definition) is 3. The predicted molar refractivity (Wildman–Crippen MR) is 95.1 cm³/mol. The Morgan fingerprint density at radius 1 is 0.958 bits per heavy atom. The normalized spacial score (nSPS) is 20.6. The van der Waals surface area contributed by atoms with Crippen LogP contribution in [0.1, 0.15) is 47.6 Å². The molecule has 4 nitrogen and oxygen atoms in total. The molecule has 1 amide bonds. The summed E-state index contributed by atoms with van der Waals surface area (Å²) in [6.07, 6.45) is 6.55. The lowest BCUT2D eigenvalue weighted by Gasteiger charge is -2.25. The molecule has 0 aliphatic carbocycles. The summed E-state index contributed by atoms with van der Waals surface area (Å²) in [5.74, 6) is 1.19. The molecule has 1 aromatic carbocycles. The summed E-state index contributed by atoms with van der Waals surface area (Å²) in [5.41, 5.74) is 1.92. The Bertz CT molecular complexity index is 693. The van der Waals surface area contributed by atoms with Crippen LogP contribution in [0.25, 0.3) is 0 Å². The first-order chi connectivity index (χ1) is 11.8. The van der Waals surface area contributed by atoms with E-state index in [-0.39, 0.29) is 11.9 Å². The second-order valence-corrected chi connectivity index (χ2v) is 6.67. The van der Waals surface area contributed by atoms with Gasteiger partial charge in [-0.15, -0.1) is 0 Å². The molecule has 0 N–H and O–H groups in total. The Balaban J connectivity index is 1.53. The molecule has 0 spiro atoms. The maximum absolute atomic E-state index is 12.8. The minimum Gasteiger partial charge on any atom is -0.357 e. The average Bonchev–Trinajstić information content (AvgIpc) is 3.34. The van der Waals surface area contributed by atoms with E-state index >= 15 is 0 Å². The Kier molecular flexibility index (Phi) is 4.20. The Hall–Kier alpha value is -2.36. The van der Waals surface area contributed by atoms with E-state index < -0.39 is 0 Å². The maximum atomic E-state index is 12.8. The van der Waals surface area contributed by atoms with Crippen LogP contribution in [-0.4, -0.2) is 35.4 Å². The van der Waals surface area contributed by atoms with Crippen LogP contribution >= 0.6 is 0 Å². The van der Waals surface area contributed by atoms with E-state index in [1.165, 1.54) is 12.8 Å². The monoisotopic (exact) mass is 321 g/mol. The van der Waals surface area contributed by atoms with Gasteiger partial charge in [-0.2, -0.15) is 0 Å². The molecule has 0 saturated carbocycles. The van der Waals surface area contributed by atoms with Gasteiger partial charge in [0.1, 0.15) is 5.82 Å². The number of benzene rings is 1. The minimum atomic E-state index is 0.127. The fraction of sp³-hybridized carbons (Fsp3) is 0.400. The molecule has 4 heteroatoms. The Morgan fingerprint density at radius 3 is 2.46 bits per heavy atom. The van der Waals surface area contributed by atoms with E-state index in [4.69, 9.17) is 0 Å². The number of nitrogens with zero attached hydrogens (tertiary/aromatic N) is 3. The zero-order chi connectivity index (χ0) is 16.4. The molecule has 2 saturated heterocycles. The van der Waals surface area contributed by atoms with Crippen LogP contribution in [0.15, 0.2) is 48.7 Å². The van der Waals surface area contributed by atoms with Gasteiger partial charge in [0.05, 0.1) is 6.04 Å². The second kappa shape index (κ2) is 6.63. The van der Waals surface area contributed by atoms with Crippen LogP contribution in [0.5, 0.6) is 0 Å². The standard InChI is InChI=1S/C20H23N3O/c24-20(16-7-2-1-3-8-16)23-14-6-9-18(23)17-10-11-19(21-15-17)22-12-4-5-13-22/h1-3,7-8,10-11,15,18H,4-6,9,12-14H2. The minimum absolute atomic E-state index is 0.127. The third kappa shape index (κ3) is 2.88. The van der Waals surface area contributed by atoms with Gasteiger partial charge in [0, 0.05) is 31.4 Å². The largest absolute Gasteiger partial charge is 0.357 e. The van der Waals surface area contributed by atoms with Gasteiger partial charge in [-0.05, 0) is 49.4 Å². The second-order valence-electron chi connectivity index (χ2n) is 6.67. The number of pyridine rings is 1. The van der Waals surface area contributed by atoms with Crippen molar-refractivity contribution < 1.29 is 4.79 Å². The van der Waals surface area contributed by atoms with Crippen molar-refractivity contribution in [3.05, 3.63) is 59.8 Å². The molecular weight excluding hydrogens is 298 g/mol. The smallest absolute Gasteiger partial charge is 0.254 e. The van der Waals surface area contributed by atoms with Gasteiger partial charge < -0.3 is 9.80 Å². The topological polar surface area (TPSA) is 36.4 Å². The highest BCUT2D eigenvalue weighted by Crippen LogP contribution is 2.33. The summed E-state index contributed by atoms with van der Waals surface area (Å²) in [7, 11) is 0. The van der Waals surface area contributed by atoms with Gasteiger partial charge in [-0.25, -0.2) is 4.98 Å². The quantitative estimate of drug-likeness (QED) is 0.865. The average molecular weight is 321 g/mol. The van der Waals surface area contributed by atoms with Crippen molar-refractivity contribution in [1.29, 1.82) is 0 Å². The lowest BCUT2D eigenvalue weighted by Crippen LogP contribution is -2.30. The number of aromatic nitrogens is 1. The van der Waals surface area contributed by atoms with Crippen molar-refractivity contribution in [2.24, 2.45) is 0 Å². The number of likely N-dealkylation sites (tertiary alicyclic amines) is 1. The van der Waals surface area contributed by atoms with Crippen LogP contribution < -0.4 is 4.90 Å². The summed E-state index contributed by atoms with van der Waals surface area (Å²) in [6, 6.07) is 14.0. The van der Waals surface area contributed by atoms with E-state index in [1.807, 2.05) is 41.4 Å².